The number of thiazole rings is 1. The maximum atomic E-state index is 12.2. The van der Waals surface area contributed by atoms with Gasteiger partial charge in [-0.1, -0.05) is 0 Å². The Labute approximate surface area is 125 Å². The lowest BCUT2D eigenvalue weighted by atomic mass is 10.4. The number of hydrogen-bond acceptors (Lipinski definition) is 7. The number of nitrogens with zero attached hydrogens (tertiary/aromatic N) is 3. The van der Waals surface area contributed by atoms with Gasteiger partial charge in [-0.05, 0) is 12.5 Å². The van der Waals surface area contributed by atoms with Crippen LogP contribution in [0.3, 0.4) is 0 Å². The molecular formula is C11H14N4O4S2. The zero-order chi connectivity index (χ0) is 15.5. The zero-order valence-corrected chi connectivity index (χ0v) is 13.1. The third-order valence-electron chi connectivity index (χ3n) is 2.55. The molecule has 0 spiro atoms. The molecule has 114 valence electrons. The van der Waals surface area contributed by atoms with Crippen LogP contribution in [0, 0.1) is 6.92 Å². The maximum absolute atomic E-state index is 12.2. The molecule has 0 unspecified atom stereocenters. The number of methoxy groups -OCH3 is 1. The Morgan fingerprint density at radius 3 is 2.90 bits per heavy atom. The Hall–Kier alpha value is -1.78. The third kappa shape index (κ3) is 3.65. The van der Waals surface area contributed by atoms with Gasteiger partial charge in [0.1, 0.15) is 0 Å². The number of aryl methyl sites for hydroxylation is 1. The van der Waals surface area contributed by atoms with Crippen molar-refractivity contribution in [2.24, 2.45) is 0 Å². The highest BCUT2D eigenvalue weighted by atomic mass is 32.2. The summed E-state index contributed by atoms with van der Waals surface area (Å²) in [7, 11) is -2.63. The molecule has 2 rings (SSSR count). The molecule has 8 nitrogen and oxygen atoms in total. The van der Waals surface area contributed by atoms with E-state index in [-0.39, 0.29) is 16.4 Å². The number of carbonyl (C=O) groups excluding carboxylic acids is 1. The van der Waals surface area contributed by atoms with Gasteiger partial charge in [0.25, 0.3) is 10.0 Å². The minimum atomic E-state index is -3.80. The lowest BCUT2D eigenvalue weighted by Gasteiger charge is -2.06. The first-order valence-electron chi connectivity index (χ1n) is 5.94. The average Bonchev–Trinajstić information content (AvgIpc) is 3.07. The van der Waals surface area contributed by atoms with Crippen molar-refractivity contribution in [1.29, 1.82) is 0 Å². The summed E-state index contributed by atoms with van der Waals surface area (Å²) in [5.74, 6) is -0.778. The SMILES string of the molecule is COC(=O)c1ncsc1S(=O)(=O)NCCn1cc(C)cn1. The number of carbonyl (C=O) groups is 1. The van der Waals surface area contributed by atoms with E-state index < -0.39 is 16.0 Å². The van der Waals surface area contributed by atoms with Crippen LogP contribution >= 0.6 is 11.3 Å². The van der Waals surface area contributed by atoms with E-state index in [9.17, 15) is 13.2 Å². The van der Waals surface area contributed by atoms with Crippen LogP contribution in [0.5, 0.6) is 0 Å². The van der Waals surface area contributed by atoms with E-state index in [4.69, 9.17) is 0 Å². The Morgan fingerprint density at radius 2 is 2.29 bits per heavy atom. The van der Waals surface area contributed by atoms with E-state index in [1.807, 2.05) is 6.92 Å². The van der Waals surface area contributed by atoms with Crippen molar-refractivity contribution < 1.29 is 17.9 Å². The fraction of sp³-hybridized carbons (Fsp3) is 0.364. The van der Waals surface area contributed by atoms with Gasteiger partial charge in [-0.3, -0.25) is 4.68 Å². The molecule has 2 aromatic rings. The summed E-state index contributed by atoms with van der Waals surface area (Å²) in [6.07, 6.45) is 3.49. The molecule has 0 amide bonds. The van der Waals surface area contributed by atoms with Gasteiger partial charge in [0.2, 0.25) is 0 Å². The van der Waals surface area contributed by atoms with Gasteiger partial charge < -0.3 is 4.74 Å². The minimum absolute atomic E-state index is 0.147. The number of hydrogen-bond donors (Lipinski definition) is 1. The van der Waals surface area contributed by atoms with Crippen LogP contribution in [-0.2, 0) is 21.3 Å². The summed E-state index contributed by atoms with van der Waals surface area (Å²) in [5, 5.41) is 4.06. The van der Waals surface area contributed by atoms with Crippen molar-refractivity contribution in [1.82, 2.24) is 19.5 Å². The first-order chi connectivity index (χ1) is 9.94. The smallest absolute Gasteiger partial charge is 0.358 e. The minimum Gasteiger partial charge on any atom is -0.464 e. The molecule has 1 N–H and O–H groups in total. The first-order valence-corrected chi connectivity index (χ1v) is 8.31. The van der Waals surface area contributed by atoms with Crippen LogP contribution in [0.15, 0.2) is 22.1 Å². The van der Waals surface area contributed by atoms with Crippen molar-refractivity contribution in [3.05, 3.63) is 29.2 Å². The lowest BCUT2D eigenvalue weighted by molar-refractivity contribution is 0.0590. The molecule has 10 heteroatoms. The Bertz CT molecular complexity index is 735. The number of ether oxygens (including phenoxy) is 1. The molecule has 0 radical (unpaired) electrons. The number of nitrogens with one attached hydrogen (secondary N) is 1. The van der Waals surface area contributed by atoms with E-state index in [0.29, 0.717) is 6.54 Å². The third-order valence-corrected chi connectivity index (χ3v) is 5.38. The number of sulfonamides is 1. The van der Waals surface area contributed by atoms with Crippen molar-refractivity contribution >= 4 is 27.3 Å². The predicted octanol–water partition coefficient (Wildman–Crippen LogP) is 0.413. The molecule has 21 heavy (non-hydrogen) atoms. The van der Waals surface area contributed by atoms with E-state index in [1.54, 1.807) is 17.1 Å². The first kappa shape index (κ1) is 15.6. The highest BCUT2D eigenvalue weighted by Gasteiger charge is 2.26. The average molecular weight is 330 g/mol. The van der Waals surface area contributed by atoms with E-state index in [1.165, 1.54) is 12.6 Å². The Kier molecular flexibility index (Phi) is 4.70. The normalized spacial score (nSPS) is 11.5. The molecule has 2 heterocycles. The van der Waals surface area contributed by atoms with Crippen LogP contribution in [-0.4, -0.2) is 42.8 Å². The quantitative estimate of drug-likeness (QED) is 0.770. The molecule has 2 aromatic heterocycles. The molecule has 0 aliphatic heterocycles. The molecule has 0 aliphatic carbocycles. The fourth-order valence-corrected chi connectivity index (χ4v) is 3.80. The molecule has 0 saturated heterocycles. The second-order valence-corrected chi connectivity index (χ2v) is 6.98. The Balaban J connectivity index is 2.05. The molecule has 0 fully saturated rings. The van der Waals surface area contributed by atoms with Crippen LogP contribution in [0.2, 0.25) is 0 Å². The van der Waals surface area contributed by atoms with E-state index >= 15 is 0 Å². The summed E-state index contributed by atoms with van der Waals surface area (Å²) in [6.45, 7) is 2.44. The van der Waals surface area contributed by atoms with Crippen molar-refractivity contribution in [2.45, 2.75) is 17.7 Å². The summed E-state index contributed by atoms with van der Waals surface area (Å²) in [4.78, 5) is 15.2. The van der Waals surface area contributed by atoms with Gasteiger partial charge in [0.15, 0.2) is 9.90 Å². The van der Waals surface area contributed by atoms with Crippen LogP contribution in [0.25, 0.3) is 0 Å². The standard InChI is InChI=1S/C11H14N4O4S2/c1-8-5-13-15(6-8)4-3-14-21(17,18)11-9(10(16)19-2)12-7-20-11/h5-7,14H,3-4H2,1-2H3. The molecule has 0 bridgehead atoms. The highest BCUT2D eigenvalue weighted by molar-refractivity contribution is 7.91. The van der Waals surface area contributed by atoms with Gasteiger partial charge in [0.05, 0.1) is 25.4 Å². The van der Waals surface area contributed by atoms with Gasteiger partial charge in [-0.2, -0.15) is 5.10 Å². The fourth-order valence-electron chi connectivity index (χ4n) is 1.61. The molecule has 0 atom stereocenters. The van der Waals surface area contributed by atoms with Crippen molar-refractivity contribution in [3.63, 3.8) is 0 Å². The zero-order valence-electron chi connectivity index (χ0n) is 11.4. The van der Waals surface area contributed by atoms with Gasteiger partial charge in [-0.15, -0.1) is 11.3 Å². The highest BCUT2D eigenvalue weighted by Crippen LogP contribution is 2.20. The lowest BCUT2D eigenvalue weighted by Crippen LogP contribution is -2.28. The summed E-state index contributed by atoms with van der Waals surface area (Å²) in [6, 6.07) is 0. The second kappa shape index (κ2) is 6.33. The van der Waals surface area contributed by atoms with Gasteiger partial charge in [-0.25, -0.2) is 22.9 Å². The topological polar surface area (TPSA) is 103 Å². The monoisotopic (exact) mass is 330 g/mol. The molecule has 0 aliphatic rings. The second-order valence-electron chi connectivity index (χ2n) is 4.16. The maximum Gasteiger partial charge on any atom is 0.358 e. The van der Waals surface area contributed by atoms with Crippen LogP contribution in [0.1, 0.15) is 16.1 Å². The predicted molar refractivity (Wildman–Crippen MR) is 75.6 cm³/mol. The van der Waals surface area contributed by atoms with E-state index in [0.717, 1.165) is 16.9 Å². The van der Waals surface area contributed by atoms with Crippen LogP contribution < -0.4 is 4.72 Å². The number of esters is 1. The number of aromatic nitrogens is 3. The largest absolute Gasteiger partial charge is 0.464 e. The van der Waals surface area contributed by atoms with Crippen molar-refractivity contribution in [3.8, 4) is 0 Å². The van der Waals surface area contributed by atoms with Crippen LogP contribution in [0.4, 0.5) is 0 Å². The summed E-state index contributed by atoms with van der Waals surface area (Å²) < 4.78 is 32.7. The number of rotatable bonds is 6. The Morgan fingerprint density at radius 1 is 1.52 bits per heavy atom. The van der Waals surface area contributed by atoms with E-state index in [2.05, 4.69) is 19.5 Å². The molecule has 0 saturated carbocycles. The van der Waals surface area contributed by atoms with Crippen molar-refractivity contribution in [2.75, 3.05) is 13.7 Å². The summed E-state index contributed by atoms with van der Waals surface area (Å²) in [5.41, 5.74) is 2.08. The molecule has 0 aromatic carbocycles. The van der Waals surface area contributed by atoms with Gasteiger partial charge >= 0.3 is 5.97 Å². The van der Waals surface area contributed by atoms with Gasteiger partial charge in [0, 0.05) is 12.7 Å². The summed E-state index contributed by atoms with van der Waals surface area (Å²) >= 11 is 0.866. The molecular weight excluding hydrogens is 316 g/mol.